The molecule has 0 aromatic heterocycles. The summed E-state index contributed by atoms with van der Waals surface area (Å²) in [6, 6.07) is 0. The highest BCUT2D eigenvalue weighted by Crippen LogP contribution is 2.09. The molecule has 0 fully saturated rings. The molecule has 11 heteroatoms. The van der Waals surface area contributed by atoms with Crippen molar-refractivity contribution in [1.82, 2.24) is 5.64 Å². The zero-order valence-electron chi connectivity index (χ0n) is 20.4. The van der Waals surface area contributed by atoms with Crippen LogP contribution in [0.2, 0.25) is 0 Å². The van der Waals surface area contributed by atoms with Crippen molar-refractivity contribution in [2.45, 2.75) is 96.8 Å². The molecule has 7 N–H and O–H groups in total. The van der Waals surface area contributed by atoms with Gasteiger partial charge in [-0.25, -0.2) is 0 Å². The average Bonchev–Trinajstić information content (AvgIpc) is 2.76. The van der Waals surface area contributed by atoms with E-state index in [9.17, 15) is 4.79 Å². The lowest BCUT2D eigenvalue weighted by atomic mass is 10.1. The Bertz CT molecular complexity index is 380. The lowest BCUT2D eigenvalue weighted by molar-refractivity contribution is -0.178. The number of aliphatic hydroxyl groups is 2. The predicted molar refractivity (Wildman–Crippen MR) is 129 cm³/mol. The zero-order valence-corrected chi connectivity index (χ0v) is 20.4. The van der Waals surface area contributed by atoms with Gasteiger partial charge in [0.15, 0.2) is 0 Å². The number of carboxylic acid groups (broad SMARTS) is 1. The summed E-state index contributed by atoms with van der Waals surface area (Å²) < 4.78 is 0. The van der Waals surface area contributed by atoms with Crippen LogP contribution in [0.4, 0.5) is 0 Å². The summed E-state index contributed by atoms with van der Waals surface area (Å²) in [6.45, 7) is 2.48. The summed E-state index contributed by atoms with van der Waals surface area (Å²) >= 11 is 0. The number of allylic oxidation sites excluding steroid dienone is 2. The Kier molecular flexibility index (Phi) is 39.3. The molecule has 33 heavy (non-hydrogen) atoms. The number of rotatable bonds is 21. The smallest absolute Gasteiger partial charge is 0.481 e. The third-order valence-electron chi connectivity index (χ3n) is 4.16. The van der Waals surface area contributed by atoms with E-state index in [1.54, 1.807) is 0 Å². The lowest BCUT2D eigenvalue weighted by Gasteiger charge is -2.01. The molecule has 0 aromatic rings. The molecule has 0 atom stereocenters. The van der Waals surface area contributed by atoms with Gasteiger partial charge in [-0.15, -0.1) is 0 Å². The summed E-state index contributed by atoms with van der Waals surface area (Å²) in [5.41, 5.74) is 2.07. The molecule has 0 saturated carbocycles. The van der Waals surface area contributed by atoms with Crippen LogP contribution < -0.4 is 5.64 Å². The molecule has 0 saturated heterocycles. The standard InChI is InChI=1S/C18H34O2.C4H11NO4.BH3O3/c1-2-3-4-5-6-7-8-9-10-11-12-13-14-15-16-17-18(19)20;6-1-3-8-5-9-4-2-7;2-1(3)4/h9-10H,2-8,11-17H2,1H3,(H,19,20);5-7H,1-4H2;2-4H/b10-9-;;. The van der Waals surface area contributed by atoms with Crippen molar-refractivity contribution in [3.8, 4) is 0 Å². The minimum absolute atomic E-state index is 0.0600. The Balaban J connectivity index is -0.000000569. The number of aliphatic hydroxyl groups excluding tert-OH is 2. The number of hydrogen-bond donors (Lipinski definition) is 7. The third kappa shape index (κ3) is 53.8. The monoisotopic (exact) mass is 481 g/mol. The quantitative estimate of drug-likeness (QED) is 0.0560. The summed E-state index contributed by atoms with van der Waals surface area (Å²) in [4.78, 5) is 19.2. The first-order valence-electron chi connectivity index (χ1n) is 12.0. The number of hydrogen-bond acceptors (Lipinski definition) is 9. The molecule has 0 unspecified atom stereocenters. The highest BCUT2D eigenvalue weighted by atomic mass is 16.9. The Morgan fingerprint density at radius 1 is 0.758 bits per heavy atom. The molecular weight excluding hydrogens is 433 g/mol. The highest BCUT2D eigenvalue weighted by molar-refractivity contribution is 6.30. The Labute approximate surface area is 199 Å². The van der Waals surface area contributed by atoms with Crippen molar-refractivity contribution < 1.29 is 44.9 Å². The van der Waals surface area contributed by atoms with Crippen LogP contribution in [-0.4, -0.2) is 70.1 Å². The van der Waals surface area contributed by atoms with Gasteiger partial charge in [0.1, 0.15) is 0 Å². The fourth-order valence-electron chi connectivity index (χ4n) is 2.56. The number of aliphatic carboxylic acids is 1. The molecule has 198 valence electrons. The van der Waals surface area contributed by atoms with Crippen molar-refractivity contribution in [1.29, 1.82) is 0 Å². The van der Waals surface area contributed by atoms with Crippen LogP contribution in [0.15, 0.2) is 12.2 Å². The topological polar surface area (TPSA) is 169 Å². The highest BCUT2D eigenvalue weighted by Gasteiger charge is 1.96. The van der Waals surface area contributed by atoms with Crippen LogP contribution in [0.25, 0.3) is 0 Å². The maximum atomic E-state index is 10.3. The van der Waals surface area contributed by atoms with Gasteiger partial charge in [0.2, 0.25) is 0 Å². The van der Waals surface area contributed by atoms with Gasteiger partial charge in [0, 0.05) is 6.42 Å². The Morgan fingerprint density at radius 3 is 1.55 bits per heavy atom. The van der Waals surface area contributed by atoms with Crippen molar-refractivity contribution in [3.05, 3.63) is 12.2 Å². The van der Waals surface area contributed by atoms with Crippen molar-refractivity contribution in [2.24, 2.45) is 0 Å². The minimum atomic E-state index is -2.17. The van der Waals surface area contributed by atoms with Gasteiger partial charge < -0.3 is 30.4 Å². The first-order chi connectivity index (χ1) is 15.9. The van der Waals surface area contributed by atoms with Gasteiger partial charge in [-0.2, -0.15) is 0 Å². The summed E-state index contributed by atoms with van der Waals surface area (Å²) in [7, 11) is -2.17. The minimum Gasteiger partial charge on any atom is -0.481 e. The van der Waals surface area contributed by atoms with Crippen LogP contribution in [0.5, 0.6) is 0 Å². The normalized spacial score (nSPS) is 10.4. The third-order valence-corrected chi connectivity index (χ3v) is 4.16. The van der Waals surface area contributed by atoms with E-state index >= 15 is 0 Å². The maximum Gasteiger partial charge on any atom is 0.631 e. The van der Waals surface area contributed by atoms with Crippen LogP contribution in [0.1, 0.15) is 96.8 Å². The SMILES string of the molecule is CCCCCCCC/C=C\CCCCCCCC(=O)O.OB(O)O.OCCONOCCO. The molecule has 0 aromatic carbocycles. The van der Waals surface area contributed by atoms with Crippen molar-refractivity contribution in [2.75, 3.05) is 26.4 Å². The van der Waals surface area contributed by atoms with Gasteiger partial charge in [-0.05, 0) is 32.1 Å². The van der Waals surface area contributed by atoms with E-state index in [4.69, 9.17) is 30.4 Å². The van der Waals surface area contributed by atoms with Crippen molar-refractivity contribution in [3.63, 3.8) is 0 Å². The fraction of sp³-hybridized carbons (Fsp3) is 0.864. The first-order valence-corrected chi connectivity index (χ1v) is 12.0. The van der Waals surface area contributed by atoms with Gasteiger partial charge in [-0.1, -0.05) is 76.1 Å². The molecular formula is C22H48BNO9. The maximum absolute atomic E-state index is 10.3. The van der Waals surface area contributed by atoms with E-state index in [0.717, 1.165) is 12.8 Å². The molecule has 0 amide bonds. The molecule has 0 aliphatic rings. The van der Waals surface area contributed by atoms with E-state index in [0.29, 0.717) is 6.42 Å². The second-order valence-electron chi connectivity index (χ2n) is 7.30. The van der Waals surface area contributed by atoms with Gasteiger partial charge in [-0.3, -0.25) is 14.5 Å². The number of carboxylic acids is 1. The van der Waals surface area contributed by atoms with E-state index in [-0.39, 0.29) is 26.4 Å². The molecule has 0 rings (SSSR count). The summed E-state index contributed by atoms with van der Waals surface area (Å²) in [5, 5.41) is 46.3. The van der Waals surface area contributed by atoms with Crippen LogP contribution in [-0.2, 0) is 14.5 Å². The van der Waals surface area contributed by atoms with Gasteiger partial charge in [0.25, 0.3) is 0 Å². The predicted octanol–water partition coefficient (Wildman–Crippen LogP) is 2.48. The number of nitrogens with one attached hydrogen (secondary N) is 1. The average molecular weight is 481 g/mol. The molecule has 0 aliphatic carbocycles. The summed E-state index contributed by atoms with van der Waals surface area (Å²) in [6.07, 6.45) is 21.2. The van der Waals surface area contributed by atoms with E-state index in [1.807, 2.05) is 0 Å². The molecule has 0 bridgehead atoms. The Morgan fingerprint density at radius 2 is 1.15 bits per heavy atom. The van der Waals surface area contributed by atoms with Crippen molar-refractivity contribution >= 4 is 13.3 Å². The lowest BCUT2D eigenvalue weighted by Crippen LogP contribution is -2.19. The summed E-state index contributed by atoms with van der Waals surface area (Å²) in [5.74, 6) is -0.664. The molecule has 0 heterocycles. The van der Waals surface area contributed by atoms with E-state index in [2.05, 4.69) is 34.4 Å². The second-order valence-corrected chi connectivity index (χ2v) is 7.30. The number of carbonyl (C=O) groups is 1. The second kappa shape index (κ2) is 35.5. The number of unbranched alkanes of at least 4 members (excludes halogenated alkanes) is 11. The van der Waals surface area contributed by atoms with E-state index in [1.165, 1.54) is 70.6 Å². The van der Waals surface area contributed by atoms with E-state index < -0.39 is 13.3 Å². The van der Waals surface area contributed by atoms with Crippen LogP contribution >= 0.6 is 0 Å². The van der Waals surface area contributed by atoms with Crippen LogP contribution in [0.3, 0.4) is 0 Å². The molecule has 0 spiro atoms. The molecule has 0 radical (unpaired) electrons. The Hall–Kier alpha value is -1.05. The van der Waals surface area contributed by atoms with Gasteiger partial charge in [0.05, 0.1) is 26.4 Å². The zero-order chi connectivity index (χ0) is 25.4. The van der Waals surface area contributed by atoms with Crippen LogP contribution in [0, 0.1) is 0 Å². The molecule has 0 aliphatic heterocycles. The largest absolute Gasteiger partial charge is 0.631 e. The molecule has 10 nitrogen and oxygen atoms in total. The van der Waals surface area contributed by atoms with Gasteiger partial charge >= 0.3 is 13.3 Å². The first kappa shape index (κ1) is 36.5. The fourth-order valence-corrected chi connectivity index (χ4v) is 2.56.